The highest BCUT2D eigenvalue weighted by Crippen LogP contribution is 2.34. The van der Waals surface area contributed by atoms with Gasteiger partial charge in [0.2, 0.25) is 11.8 Å². The molecule has 0 saturated heterocycles. The van der Waals surface area contributed by atoms with Gasteiger partial charge in [-0.25, -0.2) is 4.98 Å². The van der Waals surface area contributed by atoms with Crippen LogP contribution in [0.15, 0.2) is 83.3 Å². The van der Waals surface area contributed by atoms with E-state index >= 15 is 0 Å². The molecular formula is C27H16Cl3N3O2S. The van der Waals surface area contributed by atoms with Crippen LogP contribution in [0.3, 0.4) is 0 Å². The molecule has 4 aromatic carbocycles. The van der Waals surface area contributed by atoms with Gasteiger partial charge in [-0.15, -0.1) is 0 Å². The monoisotopic (exact) mass is 551 g/mol. The molecule has 1 heterocycles. The minimum Gasteiger partial charge on any atom is -0.436 e. The molecule has 0 atom stereocenters. The Labute approximate surface area is 226 Å². The largest absolute Gasteiger partial charge is 0.436 e. The molecule has 0 spiro atoms. The van der Waals surface area contributed by atoms with Crippen molar-refractivity contribution >= 4 is 91.7 Å². The average molecular weight is 553 g/mol. The molecule has 0 saturated carbocycles. The van der Waals surface area contributed by atoms with E-state index in [0.717, 1.165) is 16.3 Å². The number of halogens is 3. The fraction of sp³-hybridized carbons (Fsp3) is 0. The third-order valence-corrected chi connectivity index (χ3v) is 6.45. The summed E-state index contributed by atoms with van der Waals surface area (Å²) in [7, 11) is 0. The number of fused-ring (bicyclic) bond motifs is 2. The van der Waals surface area contributed by atoms with Crippen molar-refractivity contribution in [1.29, 1.82) is 0 Å². The second-order valence-electron chi connectivity index (χ2n) is 7.78. The number of nitrogens with zero attached hydrogens (tertiary/aromatic N) is 1. The van der Waals surface area contributed by atoms with Crippen LogP contribution in [0.5, 0.6) is 0 Å². The third kappa shape index (κ3) is 5.22. The summed E-state index contributed by atoms with van der Waals surface area (Å²) in [5, 5.41) is 9.24. The molecule has 0 unspecified atom stereocenters. The van der Waals surface area contributed by atoms with Gasteiger partial charge in [-0.05, 0) is 71.7 Å². The predicted octanol–water partition coefficient (Wildman–Crippen LogP) is 8.13. The van der Waals surface area contributed by atoms with Crippen molar-refractivity contribution in [3.05, 3.63) is 99.5 Å². The number of anilines is 1. The van der Waals surface area contributed by atoms with E-state index in [0.29, 0.717) is 43.3 Å². The first-order valence-corrected chi connectivity index (χ1v) is 12.2. The molecule has 0 fully saturated rings. The van der Waals surface area contributed by atoms with Gasteiger partial charge in [-0.3, -0.25) is 10.1 Å². The lowest BCUT2D eigenvalue weighted by Crippen LogP contribution is -2.32. The number of oxazole rings is 1. The van der Waals surface area contributed by atoms with Crippen LogP contribution in [-0.2, 0) is 4.79 Å². The van der Waals surface area contributed by atoms with Crippen molar-refractivity contribution in [1.82, 2.24) is 10.3 Å². The number of amides is 1. The first-order valence-electron chi connectivity index (χ1n) is 10.7. The lowest BCUT2D eigenvalue weighted by atomic mass is 10.0. The summed E-state index contributed by atoms with van der Waals surface area (Å²) in [5.74, 6) is 0.0785. The number of carbonyl (C=O) groups excluding carboxylic acids is 1. The highest BCUT2D eigenvalue weighted by molar-refractivity contribution is 7.80. The fourth-order valence-corrected chi connectivity index (χ4v) is 4.62. The summed E-state index contributed by atoms with van der Waals surface area (Å²) < 4.78 is 6.00. The molecule has 5 aromatic rings. The van der Waals surface area contributed by atoms with Gasteiger partial charge in [0, 0.05) is 37.8 Å². The maximum Gasteiger partial charge on any atom is 0.250 e. The van der Waals surface area contributed by atoms with E-state index in [1.54, 1.807) is 42.5 Å². The summed E-state index contributed by atoms with van der Waals surface area (Å²) >= 11 is 23.6. The minimum absolute atomic E-state index is 0.138. The maximum absolute atomic E-state index is 12.3. The van der Waals surface area contributed by atoms with Crippen LogP contribution >= 0.6 is 47.0 Å². The lowest BCUT2D eigenvalue weighted by molar-refractivity contribution is -0.115. The van der Waals surface area contributed by atoms with Gasteiger partial charge in [-0.1, -0.05) is 65.1 Å². The van der Waals surface area contributed by atoms with E-state index in [1.807, 2.05) is 36.4 Å². The molecule has 5 nitrogen and oxygen atoms in total. The van der Waals surface area contributed by atoms with Crippen LogP contribution in [0.2, 0.25) is 15.1 Å². The summed E-state index contributed by atoms with van der Waals surface area (Å²) in [6.45, 7) is 0. The predicted molar refractivity (Wildman–Crippen MR) is 152 cm³/mol. The van der Waals surface area contributed by atoms with Gasteiger partial charge in [0.15, 0.2) is 10.7 Å². The van der Waals surface area contributed by atoms with Crippen molar-refractivity contribution in [2.75, 3.05) is 5.32 Å². The molecule has 5 rings (SSSR count). The number of aromatic nitrogens is 1. The van der Waals surface area contributed by atoms with Gasteiger partial charge in [0.05, 0.1) is 0 Å². The van der Waals surface area contributed by atoms with Crippen LogP contribution in [0.1, 0.15) is 5.56 Å². The number of hydrogen-bond donors (Lipinski definition) is 2. The number of nitrogens with one attached hydrogen (secondary N) is 2. The van der Waals surface area contributed by atoms with Crippen molar-refractivity contribution in [3.63, 3.8) is 0 Å². The number of thiocarbonyl (C=S) groups is 1. The molecule has 2 N–H and O–H groups in total. The number of benzene rings is 4. The highest BCUT2D eigenvalue weighted by atomic mass is 35.5. The Morgan fingerprint density at radius 2 is 1.72 bits per heavy atom. The van der Waals surface area contributed by atoms with E-state index < -0.39 is 5.91 Å². The molecule has 0 radical (unpaired) electrons. The number of rotatable bonds is 4. The van der Waals surface area contributed by atoms with Crippen LogP contribution in [-0.4, -0.2) is 16.0 Å². The normalized spacial score (nSPS) is 11.3. The van der Waals surface area contributed by atoms with Gasteiger partial charge in [0.1, 0.15) is 5.52 Å². The highest BCUT2D eigenvalue weighted by Gasteiger charge is 2.13. The van der Waals surface area contributed by atoms with E-state index in [-0.39, 0.29) is 5.11 Å². The molecular weight excluding hydrogens is 537 g/mol. The van der Waals surface area contributed by atoms with Crippen molar-refractivity contribution in [2.45, 2.75) is 0 Å². The van der Waals surface area contributed by atoms with Crippen molar-refractivity contribution in [2.24, 2.45) is 0 Å². The molecule has 1 aromatic heterocycles. The zero-order chi connectivity index (χ0) is 25.2. The quantitative estimate of drug-likeness (QED) is 0.174. The SMILES string of the molecule is O=C(/C=C/c1ccc(Cl)cc1Cl)NC(=S)Nc1ccc2oc(-c3cccc4c(Cl)cccc34)nc2c1. The van der Waals surface area contributed by atoms with Gasteiger partial charge in [0.25, 0.3) is 0 Å². The van der Waals surface area contributed by atoms with E-state index in [2.05, 4.69) is 15.6 Å². The third-order valence-electron chi connectivity index (χ3n) is 5.36. The first-order chi connectivity index (χ1) is 17.4. The Morgan fingerprint density at radius 3 is 2.56 bits per heavy atom. The Balaban J connectivity index is 1.31. The summed E-state index contributed by atoms with van der Waals surface area (Å²) in [5.41, 5.74) is 3.41. The average Bonchev–Trinajstić information content (AvgIpc) is 3.26. The zero-order valence-electron chi connectivity index (χ0n) is 18.4. The van der Waals surface area contributed by atoms with Gasteiger partial charge < -0.3 is 9.73 Å². The lowest BCUT2D eigenvalue weighted by Gasteiger charge is -2.07. The van der Waals surface area contributed by atoms with Crippen LogP contribution in [0.25, 0.3) is 39.4 Å². The Morgan fingerprint density at radius 1 is 0.917 bits per heavy atom. The van der Waals surface area contributed by atoms with Crippen LogP contribution in [0.4, 0.5) is 5.69 Å². The number of carbonyl (C=O) groups is 1. The van der Waals surface area contributed by atoms with Crippen LogP contribution in [0, 0.1) is 0 Å². The fourth-order valence-electron chi connectivity index (χ4n) is 3.70. The molecule has 178 valence electrons. The maximum atomic E-state index is 12.3. The summed E-state index contributed by atoms with van der Waals surface area (Å²) in [6, 6.07) is 21.9. The van der Waals surface area contributed by atoms with Crippen LogP contribution < -0.4 is 10.6 Å². The molecule has 0 aliphatic carbocycles. The van der Waals surface area contributed by atoms with Gasteiger partial charge >= 0.3 is 0 Å². The van der Waals surface area contributed by atoms with Gasteiger partial charge in [-0.2, -0.15) is 0 Å². The van der Waals surface area contributed by atoms with E-state index in [1.165, 1.54) is 6.08 Å². The van der Waals surface area contributed by atoms with Crippen molar-refractivity contribution < 1.29 is 9.21 Å². The Kier molecular flexibility index (Phi) is 6.94. The van der Waals surface area contributed by atoms with Crippen molar-refractivity contribution in [3.8, 4) is 11.5 Å². The second-order valence-corrected chi connectivity index (χ2v) is 9.44. The second kappa shape index (κ2) is 10.3. The summed E-state index contributed by atoms with van der Waals surface area (Å²) in [4.78, 5) is 16.9. The molecule has 1 amide bonds. The smallest absolute Gasteiger partial charge is 0.250 e. The number of hydrogen-bond acceptors (Lipinski definition) is 4. The Bertz CT molecular complexity index is 1680. The minimum atomic E-state index is -0.405. The topological polar surface area (TPSA) is 67.2 Å². The Hall–Kier alpha value is -3.42. The molecule has 36 heavy (non-hydrogen) atoms. The first kappa shape index (κ1) is 24.3. The standard InChI is InChI=1S/C27H16Cl3N3O2S/c28-16-9-7-15(22(30)13-16)8-12-25(34)33-27(36)31-17-10-11-24-23(14-17)32-26(35-24)20-5-1-4-19-18(20)3-2-6-21(19)29/h1-14H,(H2,31,33,34,36)/b12-8+. The molecule has 0 aliphatic rings. The zero-order valence-corrected chi connectivity index (χ0v) is 21.5. The molecule has 9 heteroatoms. The molecule has 0 aliphatic heterocycles. The molecule has 0 bridgehead atoms. The summed E-state index contributed by atoms with van der Waals surface area (Å²) in [6.07, 6.45) is 2.92. The van der Waals surface area contributed by atoms with E-state index in [4.69, 9.17) is 51.4 Å². The van der Waals surface area contributed by atoms with E-state index in [9.17, 15) is 4.79 Å².